The van der Waals surface area contributed by atoms with Gasteiger partial charge in [-0.2, -0.15) is 5.26 Å². The van der Waals surface area contributed by atoms with Crippen molar-refractivity contribution < 1.29 is 19.4 Å². The topological polar surface area (TPSA) is 106 Å². The van der Waals surface area contributed by atoms with Gasteiger partial charge in [0.15, 0.2) is 0 Å². The molecule has 1 aliphatic heterocycles. The van der Waals surface area contributed by atoms with Crippen LogP contribution in [0.25, 0.3) is 0 Å². The third-order valence-corrected chi connectivity index (χ3v) is 4.09. The van der Waals surface area contributed by atoms with Crippen LogP contribution in [-0.2, 0) is 14.3 Å². The number of rotatable bonds is 7. The predicted molar refractivity (Wildman–Crippen MR) is 95.2 cm³/mol. The summed E-state index contributed by atoms with van der Waals surface area (Å²) in [6, 6.07) is 9.10. The van der Waals surface area contributed by atoms with Gasteiger partial charge in [-0.05, 0) is 31.2 Å². The van der Waals surface area contributed by atoms with Crippen molar-refractivity contribution in [3.63, 3.8) is 0 Å². The van der Waals surface area contributed by atoms with Gasteiger partial charge < -0.3 is 20.1 Å². The molecule has 1 heterocycles. The Hall–Kier alpha value is -2.63. The van der Waals surface area contributed by atoms with E-state index in [1.54, 1.807) is 31.2 Å². The van der Waals surface area contributed by atoms with Crippen molar-refractivity contribution in [3.8, 4) is 6.07 Å². The minimum atomic E-state index is -0.732. The highest BCUT2D eigenvalue weighted by molar-refractivity contribution is 5.79. The molecular formula is C18H24N4O4. The van der Waals surface area contributed by atoms with Crippen LogP contribution in [0, 0.1) is 11.3 Å². The number of ether oxygens (including phenoxy) is 1. The average Bonchev–Trinajstić information content (AvgIpc) is 2.62. The van der Waals surface area contributed by atoms with E-state index in [0.29, 0.717) is 31.8 Å². The Labute approximate surface area is 152 Å². The largest absolute Gasteiger partial charge is 0.466 e. The van der Waals surface area contributed by atoms with Crippen LogP contribution in [0.2, 0.25) is 0 Å². The summed E-state index contributed by atoms with van der Waals surface area (Å²) in [5.74, 6) is -0.521. The number of anilines is 1. The summed E-state index contributed by atoms with van der Waals surface area (Å²) in [5.41, 5.74) is 1.41. The van der Waals surface area contributed by atoms with E-state index in [2.05, 4.69) is 11.4 Å². The predicted octanol–water partition coefficient (Wildman–Crippen LogP) is 0.0681. The van der Waals surface area contributed by atoms with E-state index in [-0.39, 0.29) is 31.4 Å². The van der Waals surface area contributed by atoms with Crippen LogP contribution in [0.1, 0.15) is 18.9 Å². The summed E-state index contributed by atoms with van der Waals surface area (Å²) < 4.78 is 4.80. The molecule has 1 aromatic carbocycles. The number of piperazine rings is 1. The molecule has 26 heavy (non-hydrogen) atoms. The van der Waals surface area contributed by atoms with E-state index < -0.39 is 6.23 Å². The van der Waals surface area contributed by atoms with Crippen molar-refractivity contribution in [2.75, 3.05) is 44.2 Å². The van der Waals surface area contributed by atoms with Crippen molar-refractivity contribution in [1.82, 2.24) is 10.2 Å². The number of carbonyl (C=O) groups excluding carboxylic acids is 2. The molecule has 1 amide bonds. The number of nitrogens with one attached hydrogen (secondary N) is 1. The quantitative estimate of drug-likeness (QED) is 0.663. The van der Waals surface area contributed by atoms with E-state index in [4.69, 9.17) is 10.00 Å². The van der Waals surface area contributed by atoms with Crippen LogP contribution in [0.4, 0.5) is 5.69 Å². The molecule has 0 saturated carbocycles. The van der Waals surface area contributed by atoms with E-state index in [1.807, 2.05) is 9.80 Å². The molecule has 0 radical (unpaired) electrons. The lowest BCUT2D eigenvalue weighted by atomic mass is 10.2. The van der Waals surface area contributed by atoms with Gasteiger partial charge in [-0.25, -0.2) is 0 Å². The molecular weight excluding hydrogens is 336 g/mol. The van der Waals surface area contributed by atoms with Gasteiger partial charge in [-0.15, -0.1) is 0 Å². The van der Waals surface area contributed by atoms with E-state index in [0.717, 1.165) is 5.69 Å². The number of hydrogen-bond donors (Lipinski definition) is 2. The third-order valence-electron chi connectivity index (χ3n) is 4.09. The smallest absolute Gasteiger partial charge is 0.307 e. The summed E-state index contributed by atoms with van der Waals surface area (Å²) in [6.45, 7) is 4.01. The zero-order chi connectivity index (χ0) is 18.9. The normalized spacial score (nSPS) is 17.4. The van der Waals surface area contributed by atoms with Gasteiger partial charge in [-0.3, -0.25) is 14.5 Å². The van der Waals surface area contributed by atoms with Crippen molar-refractivity contribution in [1.29, 1.82) is 5.26 Å². The fourth-order valence-corrected chi connectivity index (χ4v) is 2.79. The van der Waals surface area contributed by atoms with Crippen LogP contribution >= 0.6 is 0 Å². The fraction of sp³-hybridized carbons (Fsp3) is 0.500. The summed E-state index contributed by atoms with van der Waals surface area (Å²) in [5, 5.41) is 21.9. The SMILES string of the molecule is CCOC(=O)CCNC(=O)CN1CCN(c2ccc(C#N)cc2)C(O)C1. The number of hydrogen-bond acceptors (Lipinski definition) is 7. The third kappa shape index (κ3) is 5.72. The van der Waals surface area contributed by atoms with Gasteiger partial charge in [-0.1, -0.05) is 0 Å². The molecule has 140 valence electrons. The lowest BCUT2D eigenvalue weighted by molar-refractivity contribution is -0.143. The van der Waals surface area contributed by atoms with Crippen LogP contribution in [-0.4, -0.2) is 67.4 Å². The highest BCUT2D eigenvalue weighted by Gasteiger charge is 2.26. The molecule has 0 spiro atoms. The molecule has 2 N–H and O–H groups in total. The molecule has 8 nitrogen and oxygen atoms in total. The van der Waals surface area contributed by atoms with Gasteiger partial charge >= 0.3 is 5.97 Å². The summed E-state index contributed by atoms with van der Waals surface area (Å²) in [4.78, 5) is 26.9. The first-order chi connectivity index (χ1) is 12.5. The van der Waals surface area contributed by atoms with Gasteiger partial charge in [0.2, 0.25) is 5.91 Å². The number of esters is 1. The maximum Gasteiger partial charge on any atom is 0.307 e. The Morgan fingerprint density at radius 2 is 2.08 bits per heavy atom. The van der Waals surface area contributed by atoms with Crippen LogP contribution in [0.15, 0.2) is 24.3 Å². The maximum absolute atomic E-state index is 11.9. The molecule has 0 bridgehead atoms. The fourth-order valence-electron chi connectivity index (χ4n) is 2.79. The first-order valence-corrected chi connectivity index (χ1v) is 8.63. The summed E-state index contributed by atoms with van der Waals surface area (Å²) in [6.07, 6.45) is -0.585. The van der Waals surface area contributed by atoms with Gasteiger partial charge in [0.1, 0.15) is 6.23 Å². The first kappa shape index (κ1) is 19.7. The van der Waals surface area contributed by atoms with Crippen LogP contribution < -0.4 is 10.2 Å². The number of nitrogens with zero attached hydrogens (tertiary/aromatic N) is 3. The minimum absolute atomic E-state index is 0.147. The van der Waals surface area contributed by atoms with Gasteiger partial charge in [0.05, 0.1) is 31.2 Å². The Morgan fingerprint density at radius 1 is 1.35 bits per heavy atom. The molecule has 0 aromatic heterocycles. The Balaban J connectivity index is 1.76. The number of amides is 1. The number of nitriles is 1. The zero-order valence-electron chi connectivity index (χ0n) is 14.9. The Morgan fingerprint density at radius 3 is 2.69 bits per heavy atom. The highest BCUT2D eigenvalue weighted by Crippen LogP contribution is 2.20. The molecule has 1 atom stereocenters. The number of carbonyl (C=O) groups is 2. The maximum atomic E-state index is 11.9. The molecule has 1 unspecified atom stereocenters. The molecule has 2 rings (SSSR count). The highest BCUT2D eigenvalue weighted by atomic mass is 16.5. The number of aliphatic hydroxyl groups excluding tert-OH is 1. The molecule has 0 aliphatic carbocycles. The zero-order valence-corrected chi connectivity index (χ0v) is 14.9. The second-order valence-corrected chi connectivity index (χ2v) is 5.97. The van der Waals surface area contributed by atoms with E-state index in [1.165, 1.54) is 0 Å². The van der Waals surface area contributed by atoms with Crippen LogP contribution in [0.5, 0.6) is 0 Å². The minimum Gasteiger partial charge on any atom is -0.466 e. The van der Waals surface area contributed by atoms with Crippen molar-refractivity contribution in [2.45, 2.75) is 19.6 Å². The first-order valence-electron chi connectivity index (χ1n) is 8.63. The van der Waals surface area contributed by atoms with E-state index in [9.17, 15) is 14.7 Å². The Bertz CT molecular complexity index is 656. The summed E-state index contributed by atoms with van der Waals surface area (Å²) in [7, 11) is 0. The molecule has 1 saturated heterocycles. The van der Waals surface area contributed by atoms with Crippen LogP contribution in [0.3, 0.4) is 0 Å². The molecule has 8 heteroatoms. The van der Waals surface area contributed by atoms with E-state index >= 15 is 0 Å². The number of benzene rings is 1. The molecule has 1 fully saturated rings. The standard InChI is InChI=1S/C18H24N4O4/c1-2-26-18(25)7-8-20-16(23)12-21-9-10-22(17(24)13-21)15-5-3-14(11-19)4-6-15/h3-6,17,24H,2,7-10,12-13H2,1H3,(H,20,23). The lowest BCUT2D eigenvalue weighted by Crippen LogP contribution is -2.55. The van der Waals surface area contributed by atoms with Crippen molar-refractivity contribution >= 4 is 17.6 Å². The van der Waals surface area contributed by atoms with Crippen molar-refractivity contribution in [3.05, 3.63) is 29.8 Å². The molecule has 1 aromatic rings. The lowest BCUT2D eigenvalue weighted by Gasteiger charge is -2.39. The monoisotopic (exact) mass is 360 g/mol. The molecule has 1 aliphatic rings. The van der Waals surface area contributed by atoms with Crippen molar-refractivity contribution in [2.24, 2.45) is 0 Å². The van der Waals surface area contributed by atoms with Gasteiger partial charge in [0, 0.05) is 31.9 Å². The Kier molecular flexibility index (Phi) is 7.38. The number of β-amino-alcohol motifs (C(OH)–C–C–N with tert-alkyl or cyclic N) is 1. The average molecular weight is 360 g/mol. The summed E-state index contributed by atoms with van der Waals surface area (Å²) >= 11 is 0. The second-order valence-electron chi connectivity index (χ2n) is 5.97. The van der Waals surface area contributed by atoms with Gasteiger partial charge in [0.25, 0.3) is 0 Å². The number of aliphatic hydroxyl groups is 1. The second kappa shape index (κ2) is 9.75.